The molecule has 7 heteroatoms. The Morgan fingerprint density at radius 3 is 2.68 bits per heavy atom. The van der Waals surface area contributed by atoms with Crippen molar-refractivity contribution in [2.45, 2.75) is 34.2 Å². The van der Waals surface area contributed by atoms with Crippen molar-refractivity contribution in [3.05, 3.63) is 57.9 Å². The van der Waals surface area contributed by atoms with E-state index in [1.807, 2.05) is 56.6 Å². The fourth-order valence-corrected chi connectivity index (χ4v) is 2.79. The molecule has 0 unspecified atom stereocenters. The summed E-state index contributed by atoms with van der Waals surface area (Å²) in [5.74, 6) is -0.541. The van der Waals surface area contributed by atoms with E-state index in [9.17, 15) is 9.59 Å². The summed E-state index contributed by atoms with van der Waals surface area (Å²) >= 11 is 6.23. The topological polar surface area (TPSA) is 73.2 Å². The maximum absolute atomic E-state index is 11.9. The Hall–Kier alpha value is -2.60. The Morgan fingerprint density at radius 2 is 2.00 bits per heavy atom. The third-order valence-electron chi connectivity index (χ3n) is 4.15. The number of hydrogen-bond acceptors (Lipinski definition) is 4. The molecule has 2 rings (SSSR count). The molecule has 0 spiro atoms. The molecule has 150 valence electrons. The third-order valence-corrected chi connectivity index (χ3v) is 4.52. The summed E-state index contributed by atoms with van der Waals surface area (Å²) in [6.07, 6.45) is 2.97. The Morgan fingerprint density at radius 1 is 1.29 bits per heavy atom. The number of ether oxygens (including phenoxy) is 1. The molecule has 6 nitrogen and oxygen atoms in total. The zero-order chi connectivity index (χ0) is 20.7. The largest absolute Gasteiger partial charge is 0.452 e. The van der Waals surface area contributed by atoms with Gasteiger partial charge in [0.05, 0.1) is 12.2 Å². The van der Waals surface area contributed by atoms with Gasteiger partial charge in [-0.3, -0.25) is 9.48 Å². The van der Waals surface area contributed by atoms with Crippen LogP contribution in [0, 0.1) is 19.8 Å². The number of esters is 1. The van der Waals surface area contributed by atoms with Crippen molar-refractivity contribution in [1.82, 2.24) is 15.1 Å². The Kier molecular flexibility index (Phi) is 7.81. The molecule has 0 fully saturated rings. The quantitative estimate of drug-likeness (QED) is 0.540. The molecular formula is C21H26ClN3O3. The average Bonchev–Trinajstić information content (AvgIpc) is 2.91. The van der Waals surface area contributed by atoms with E-state index in [0.717, 1.165) is 22.5 Å². The predicted octanol–water partition coefficient (Wildman–Crippen LogP) is 3.53. The van der Waals surface area contributed by atoms with Crippen molar-refractivity contribution >= 4 is 29.6 Å². The molecule has 1 aromatic heterocycles. The number of carbonyl (C=O) groups excluding carboxylic acids is 2. The van der Waals surface area contributed by atoms with Crippen LogP contribution >= 0.6 is 11.6 Å². The lowest BCUT2D eigenvalue weighted by Gasteiger charge is -2.07. The Bertz CT molecular complexity index is 872. The van der Waals surface area contributed by atoms with Crippen LogP contribution in [0.4, 0.5) is 0 Å². The van der Waals surface area contributed by atoms with E-state index in [1.54, 1.807) is 6.08 Å². The van der Waals surface area contributed by atoms with Crippen molar-refractivity contribution in [2.75, 3.05) is 13.2 Å². The monoisotopic (exact) mass is 403 g/mol. The van der Waals surface area contributed by atoms with Crippen LogP contribution in [0.3, 0.4) is 0 Å². The van der Waals surface area contributed by atoms with Crippen LogP contribution in [0.15, 0.2) is 30.3 Å². The molecule has 0 radical (unpaired) electrons. The molecule has 1 amide bonds. The van der Waals surface area contributed by atoms with Gasteiger partial charge in [0.15, 0.2) is 6.61 Å². The number of carbonyl (C=O) groups is 2. The lowest BCUT2D eigenvalue weighted by atomic mass is 10.1. The first-order chi connectivity index (χ1) is 13.3. The lowest BCUT2D eigenvalue weighted by Crippen LogP contribution is -2.31. The number of nitrogens with zero attached hydrogens (tertiary/aromatic N) is 2. The first kappa shape index (κ1) is 21.7. The fourth-order valence-electron chi connectivity index (χ4n) is 2.60. The number of halogens is 1. The van der Waals surface area contributed by atoms with Gasteiger partial charge in [-0.2, -0.15) is 5.10 Å². The van der Waals surface area contributed by atoms with Gasteiger partial charge in [-0.05, 0) is 37.5 Å². The maximum atomic E-state index is 11.9. The van der Waals surface area contributed by atoms with Gasteiger partial charge in [0.2, 0.25) is 0 Å². The van der Waals surface area contributed by atoms with Gasteiger partial charge in [0.1, 0.15) is 0 Å². The molecule has 0 saturated heterocycles. The second kappa shape index (κ2) is 10.1. The maximum Gasteiger partial charge on any atom is 0.331 e. The van der Waals surface area contributed by atoms with Gasteiger partial charge in [-0.25, -0.2) is 4.79 Å². The van der Waals surface area contributed by atoms with Gasteiger partial charge in [-0.15, -0.1) is 0 Å². The minimum absolute atomic E-state index is 0.292. The van der Waals surface area contributed by atoms with E-state index in [0.29, 0.717) is 24.0 Å². The van der Waals surface area contributed by atoms with E-state index in [4.69, 9.17) is 16.3 Å². The molecular weight excluding hydrogens is 378 g/mol. The van der Waals surface area contributed by atoms with Crippen molar-refractivity contribution < 1.29 is 14.3 Å². The van der Waals surface area contributed by atoms with Gasteiger partial charge >= 0.3 is 5.97 Å². The molecule has 0 saturated carbocycles. The first-order valence-corrected chi connectivity index (χ1v) is 9.54. The standard InChI is InChI=1S/C21H26ClN3O3/c1-14(2)11-23-20(26)13-28-21(27)10-9-18-15(3)24-25(16(18)4)12-17-7-5-6-8-19(17)22/h5-10,14H,11-13H2,1-4H3,(H,23,26)/b10-9+. The zero-order valence-corrected chi connectivity index (χ0v) is 17.4. The number of amides is 1. The van der Waals surface area contributed by atoms with Crippen LogP contribution < -0.4 is 5.32 Å². The number of rotatable bonds is 8. The molecule has 1 aromatic carbocycles. The summed E-state index contributed by atoms with van der Waals surface area (Å²) in [7, 11) is 0. The SMILES string of the molecule is Cc1nn(Cc2ccccc2Cl)c(C)c1/C=C/C(=O)OCC(=O)NCC(C)C. The summed E-state index contributed by atoms with van der Waals surface area (Å²) in [6, 6.07) is 7.61. The molecule has 0 aliphatic carbocycles. The second-order valence-corrected chi connectivity index (χ2v) is 7.38. The predicted molar refractivity (Wildman–Crippen MR) is 110 cm³/mol. The van der Waals surface area contributed by atoms with Crippen LogP contribution in [0.25, 0.3) is 6.08 Å². The molecule has 0 aliphatic heterocycles. The minimum Gasteiger partial charge on any atom is -0.452 e. The van der Waals surface area contributed by atoms with E-state index in [2.05, 4.69) is 10.4 Å². The van der Waals surface area contributed by atoms with Crippen LogP contribution in [0.1, 0.15) is 36.4 Å². The van der Waals surface area contributed by atoms with Gasteiger partial charge in [0.25, 0.3) is 5.91 Å². The van der Waals surface area contributed by atoms with E-state index in [1.165, 1.54) is 6.08 Å². The summed E-state index contributed by atoms with van der Waals surface area (Å²) in [5.41, 5.74) is 3.52. The van der Waals surface area contributed by atoms with Crippen molar-refractivity contribution in [1.29, 1.82) is 0 Å². The van der Waals surface area contributed by atoms with Crippen molar-refractivity contribution in [3.63, 3.8) is 0 Å². The first-order valence-electron chi connectivity index (χ1n) is 9.17. The van der Waals surface area contributed by atoms with E-state index >= 15 is 0 Å². The summed E-state index contributed by atoms with van der Waals surface area (Å²) in [6.45, 7) is 8.59. The van der Waals surface area contributed by atoms with E-state index in [-0.39, 0.29) is 12.5 Å². The molecule has 0 atom stereocenters. The molecule has 28 heavy (non-hydrogen) atoms. The highest BCUT2D eigenvalue weighted by Gasteiger charge is 2.12. The van der Waals surface area contributed by atoms with Crippen LogP contribution in [-0.4, -0.2) is 34.8 Å². The molecule has 2 aromatic rings. The molecule has 1 N–H and O–H groups in total. The molecule has 0 aliphatic rings. The summed E-state index contributed by atoms with van der Waals surface area (Å²) in [4.78, 5) is 23.5. The lowest BCUT2D eigenvalue weighted by molar-refractivity contribution is -0.143. The average molecular weight is 404 g/mol. The molecule has 0 bridgehead atoms. The minimum atomic E-state index is -0.572. The smallest absolute Gasteiger partial charge is 0.331 e. The second-order valence-electron chi connectivity index (χ2n) is 6.97. The number of aryl methyl sites for hydroxylation is 1. The van der Waals surface area contributed by atoms with E-state index < -0.39 is 5.97 Å². The molecule has 1 heterocycles. The summed E-state index contributed by atoms with van der Waals surface area (Å²) in [5, 5.41) is 7.91. The summed E-state index contributed by atoms with van der Waals surface area (Å²) < 4.78 is 6.82. The van der Waals surface area contributed by atoms with Crippen LogP contribution in [-0.2, 0) is 20.9 Å². The highest BCUT2D eigenvalue weighted by Crippen LogP contribution is 2.20. The van der Waals surface area contributed by atoms with Gasteiger partial charge in [-0.1, -0.05) is 43.6 Å². The van der Waals surface area contributed by atoms with Crippen molar-refractivity contribution in [2.24, 2.45) is 5.92 Å². The van der Waals surface area contributed by atoms with Crippen LogP contribution in [0.2, 0.25) is 5.02 Å². The normalized spacial score (nSPS) is 11.2. The Balaban J connectivity index is 1.98. The number of aromatic nitrogens is 2. The van der Waals surface area contributed by atoms with Gasteiger partial charge in [0, 0.05) is 28.9 Å². The number of benzene rings is 1. The van der Waals surface area contributed by atoms with Crippen molar-refractivity contribution in [3.8, 4) is 0 Å². The fraction of sp³-hybridized carbons (Fsp3) is 0.381. The highest BCUT2D eigenvalue weighted by molar-refractivity contribution is 6.31. The Labute approximate surface area is 170 Å². The highest BCUT2D eigenvalue weighted by atomic mass is 35.5. The zero-order valence-electron chi connectivity index (χ0n) is 16.7. The third kappa shape index (κ3) is 6.23. The van der Waals surface area contributed by atoms with Gasteiger partial charge < -0.3 is 10.1 Å². The number of hydrogen-bond donors (Lipinski definition) is 1. The number of nitrogens with one attached hydrogen (secondary N) is 1. The van der Waals surface area contributed by atoms with Crippen LogP contribution in [0.5, 0.6) is 0 Å².